The first-order valence-corrected chi connectivity index (χ1v) is 7.54. The molecule has 0 amide bonds. The van der Waals surface area contributed by atoms with E-state index < -0.39 is 12.2 Å². The summed E-state index contributed by atoms with van der Waals surface area (Å²) in [7, 11) is 0. The van der Waals surface area contributed by atoms with Gasteiger partial charge in [0.25, 0.3) is 0 Å². The summed E-state index contributed by atoms with van der Waals surface area (Å²) < 4.78 is 17.4. The molecule has 20 heavy (non-hydrogen) atoms. The van der Waals surface area contributed by atoms with E-state index in [2.05, 4.69) is 16.1 Å². The highest BCUT2D eigenvalue weighted by molar-refractivity contribution is 8.14. The molecule has 0 radical (unpaired) electrons. The van der Waals surface area contributed by atoms with Crippen LogP contribution < -0.4 is 4.74 Å². The molecule has 0 spiro atoms. The molecule has 2 heterocycles. The Bertz CT molecular complexity index is 554. The average Bonchev–Trinajstić information content (AvgIpc) is 3.17. The maximum Gasteiger partial charge on any atom is 0.151 e. The van der Waals surface area contributed by atoms with Crippen LogP contribution in [-0.2, 0) is 5.54 Å². The third kappa shape index (κ3) is 2.38. The molecule has 0 N–H and O–H groups in total. The average molecular weight is 290 g/mol. The summed E-state index contributed by atoms with van der Waals surface area (Å²) in [5, 5.41) is 1.04. The van der Waals surface area contributed by atoms with E-state index in [1.165, 1.54) is 0 Å². The molecule has 0 saturated carbocycles. The first-order chi connectivity index (χ1) is 9.85. The molecular weight excluding hydrogens is 275 g/mol. The van der Waals surface area contributed by atoms with Crippen molar-refractivity contribution < 1.29 is 9.13 Å². The summed E-state index contributed by atoms with van der Waals surface area (Å²) >= 11 is 1.76. The van der Waals surface area contributed by atoms with E-state index in [-0.39, 0.29) is 6.61 Å². The van der Waals surface area contributed by atoms with Gasteiger partial charge in [0, 0.05) is 18.5 Å². The van der Waals surface area contributed by atoms with Crippen LogP contribution in [0.5, 0.6) is 5.75 Å². The van der Waals surface area contributed by atoms with Gasteiger partial charge in [0.1, 0.15) is 24.1 Å². The lowest BCUT2D eigenvalue weighted by atomic mass is 9.92. The fourth-order valence-corrected chi connectivity index (χ4v) is 3.35. The predicted octanol–water partition coefficient (Wildman–Crippen LogP) is 3.02. The Hall–Kier alpha value is -1.62. The van der Waals surface area contributed by atoms with E-state index in [4.69, 9.17) is 4.74 Å². The maximum atomic E-state index is 12.1. The van der Waals surface area contributed by atoms with Gasteiger partial charge in [0.2, 0.25) is 0 Å². The van der Waals surface area contributed by atoms with E-state index in [0.717, 1.165) is 22.9 Å². The number of hydrogen-bond donors (Lipinski definition) is 0. The normalized spacial score (nSPS) is 24.1. The van der Waals surface area contributed by atoms with Gasteiger partial charge in [0.15, 0.2) is 5.54 Å². The quantitative estimate of drug-likeness (QED) is 0.835. The van der Waals surface area contributed by atoms with Crippen molar-refractivity contribution in [3.05, 3.63) is 42.0 Å². The fourth-order valence-electron chi connectivity index (χ4n) is 2.33. The maximum absolute atomic E-state index is 12.1. The Balaban J connectivity index is 1.89. The van der Waals surface area contributed by atoms with Crippen LogP contribution >= 0.6 is 11.8 Å². The molecule has 0 fully saturated rings. The first kappa shape index (κ1) is 13.4. The van der Waals surface area contributed by atoms with Gasteiger partial charge < -0.3 is 4.74 Å². The number of ether oxygens (including phenoxy) is 1. The van der Waals surface area contributed by atoms with Crippen molar-refractivity contribution >= 4 is 23.0 Å². The minimum atomic E-state index is -0.480. The number of benzene rings is 1. The molecule has 3 nitrogen and oxygen atoms in total. The summed E-state index contributed by atoms with van der Waals surface area (Å²) in [6.45, 7) is 0.458. The summed E-state index contributed by atoms with van der Waals surface area (Å²) in [6.07, 6.45) is 5.84. The molecule has 1 aromatic rings. The third-order valence-electron chi connectivity index (χ3n) is 3.25. The van der Waals surface area contributed by atoms with Crippen LogP contribution in [0.15, 0.2) is 46.4 Å². The topological polar surface area (TPSA) is 34.0 Å². The van der Waals surface area contributed by atoms with Crippen LogP contribution in [-0.4, -0.2) is 36.8 Å². The second-order valence-corrected chi connectivity index (χ2v) is 5.58. The number of thioether (sulfide) groups is 1. The molecule has 1 atom stereocenters. The zero-order chi connectivity index (χ0) is 13.8. The number of rotatable bonds is 5. The van der Waals surface area contributed by atoms with Gasteiger partial charge in [-0.2, -0.15) is 0 Å². The Kier molecular flexibility index (Phi) is 3.87. The lowest BCUT2D eigenvalue weighted by Gasteiger charge is -2.24. The molecular formula is C15H15FN2OS. The largest absolute Gasteiger partial charge is 0.491 e. The van der Waals surface area contributed by atoms with Gasteiger partial charge in [-0.15, -0.1) is 11.8 Å². The third-order valence-corrected chi connectivity index (χ3v) is 4.35. The van der Waals surface area contributed by atoms with E-state index >= 15 is 0 Å². The molecule has 0 bridgehead atoms. The first-order valence-electron chi connectivity index (χ1n) is 6.55. The Morgan fingerprint density at radius 2 is 2.15 bits per heavy atom. The van der Waals surface area contributed by atoms with Crippen LogP contribution in [0, 0.1) is 0 Å². The number of hydrogen-bond acceptors (Lipinski definition) is 4. The molecule has 5 heteroatoms. The van der Waals surface area contributed by atoms with E-state index in [1.54, 1.807) is 11.8 Å². The molecule has 0 aromatic heterocycles. The molecule has 3 rings (SSSR count). The molecule has 1 unspecified atom stereocenters. The van der Waals surface area contributed by atoms with Gasteiger partial charge in [-0.3, -0.25) is 9.98 Å². The van der Waals surface area contributed by atoms with E-state index in [0.29, 0.717) is 5.75 Å². The highest BCUT2D eigenvalue weighted by atomic mass is 32.2. The van der Waals surface area contributed by atoms with Gasteiger partial charge in [-0.25, -0.2) is 4.39 Å². The molecule has 2 aliphatic heterocycles. The van der Waals surface area contributed by atoms with E-state index in [1.807, 2.05) is 36.6 Å². The van der Waals surface area contributed by atoms with E-state index in [9.17, 15) is 4.39 Å². The molecule has 0 aliphatic carbocycles. The van der Waals surface area contributed by atoms with Gasteiger partial charge >= 0.3 is 0 Å². The summed E-state index contributed by atoms with van der Waals surface area (Å²) in [4.78, 5) is 9.19. The van der Waals surface area contributed by atoms with Crippen molar-refractivity contribution in [2.75, 3.05) is 25.6 Å². The lowest BCUT2D eigenvalue weighted by Crippen LogP contribution is -2.27. The minimum Gasteiger partial charge on any atom is -0.491 e. The van der Waals surface area contributed by atoms with Crippen LogP contribution in [0.1, 0.15) is 5.56 Å². The zero-order valence-corrected chi connectivity index (χ0v) is 11.8. The van der Waals surface area contributed by atoms with Crippen molar-refractivity contribution in [2.45, 2.75) is 5.54 Å². The summed E-state index contributed by atoms with van der Waals surface area (Å²) in [5.74, 6) is 1.69. The van der Waals surface area contributed by atoms with Gasteiger partial charge in [-0.05, 0) is 29.8 Å². The van der Waals surface area contributed by atoms with Crippen molar-refractivity contribution in [2.24, 2.45) is 9.98 Å². The predicted molar refractivity (Wildman–Crippen MR) is 82.0 cm³/mol. The Morgan fingerprint density at radius 3 is 2.75 bits per heavy atom. The Labute approximate surface area is 121 Å². The van der Waals surface area contributed by atoms with Crippen LogP contribution in [0.25, 0.3) is 0 Å². The number of alkyl halides is 1. The van der Waals surface area contributed by atoms with Crippen molar-refractivity contribution in [1.29, 1.82) is 0 Å². The van der Waals surface area contributed by atoms with Crippen LogP contribution in [0.3, 0.4) is 0 Å². The standard InChI is InChI=1S/C15H15FN2OS/c16-7-10-19-13-4-2-12(3-5-13)15(6-1-8-18-15)14-17-9-11-20-14/h1-6,8H,7,9-11H2. The number of aliphatic imine (C=N–C) groups is 2. The number of allylic oxidation sites excluding steroid dienone is 1. The lowest BCUT2D eigenvalue weighted by molar-refractivity contribution is 0.273. The smallest absolute Gasteiger partial charge is 0.151 e. The number of nitrogens with zero attached hydrogens (tertiary/aromatic N) is 2. The van der Waals surface area contributed by atoms with Crippen molar-refractivity contribution in [3.8, 4) is 5.75 Å². The fraction of sp³-hybridized carbons (Fsp3) is 0.333. The number of halogens is 1. The van der Waals surface area contributed by atoms with Crippen molar-refractivity contribution in [1.82, 2.24) is 0 Å². The molecule has 1 aromatic carbocycles. The monoisotopic (exact) mass is 290 g/mol. The van der Waals surface area contributed by atoms with Gasteiger partial charge in [-0.1, -0.05) is 12.1 Å². The highest BCUT2D eigenvalue weighted by Crippen LogP contribution is 2.38. The SMILES string of the molecule is FCCOc1ccc(C2(C3=NCCS3)C=CC=N2)cc1. The minimum absolute atomic E-state index is 0.0884. The molecule has 0 saturated heterocycles. The second-order valence-electron chi connectivity index (χ2n) is 4.50. The zero-order valence-electron chi connectivity index (χ0n) is 11.0. The van der Waals surface area contributed by atoms with Crippen molar-refractivity contribution in [3.63, 3.8) is 0 Å². The second kappa shape index (κ2) is 5.79. The Morgan fingerprint density at radius 1 is 1.30 bits per heavy atom. The summed E-state index contributed by atoms with van der Waals surface area (Å²) in [6, 6.07) is 7.66. The summed E-state index contributed by atoms with van der Waals surface area (Å²) in [5.41, 5.74) is 0.586. The van der Waals surface area contributed by atoms with Gasteiger partial charge in [0.05, 0.1) is 0 Å². The molecule has 2 aliphatic rings. The molecule has 104 valence electrons. The highest BCUT2D eigenvalue weighted by Gasteiger charge is 2.37. The van der Waals surface area contributed by atoms with Crippen LogP contribution in [0.2, 0.25) is 0 Å². The van der Waals surface area contributed by atoms with Crippen LogP contribution in [0.4, 0.5) is 4.39 Å².